The monoisotopic (exact) mass is 326 g/mol. The molecule has 0 aliphatic rings. The van der Waals surface area contributed by atoms with E-state index in [1.807, 2.05) is 7.05 Å². The molecule has 0 heterocycles. The number of likely N-dealkylation sites (N-methyl/N-ethyl adjacent to an activating group) is 1. The van der Waals surface area contributed by atoms with Gasteiger partial charge in [-0.1, -0.05) is 27.5 Å². The fraction of sp³-hybridized carbons (Fsp3) is 0.300. The normalized spacial score (nSPS) is 9.44. The minimum atomic E-state index is -0.156. The predicted octanol–water partition coefficient (Wildman–Crippen LogP) is 2.47. The van der Waals surface area contributed by atoms with Crippen LogP contribution in [0.1, 0.15) is 10.4 Å². The molecule has 0 saturated carbocycles. The van der Waals surface area contributed by atoms with Crippen LogP contribution >= 0.6 is 39.9 Å². The first-order valence-corrected chi connectivity index (χ1v) is 5.70. The van der Waals surface area contributed by atoms with E-state index in [2.05, 4.69) is 26.6 Å². The number of amides is 1. The van der Waals surface area contributed by atoms with E-state index in [1.165, 1.54) is 0 Å². The lowest BCUT2D eigenvalue weighted by molar-refractivity contribution is 0.0954. The molecule has 1 aromatic carbocycles. The van der Waals surface area contributed by atoms with Gasteiger partial charge in [-0.15, -0.1) is 12.4 Å². The summed E-state index contributed by atoms with van der Waals surface area (Å²) >= 11 is 9.20. The van der Waals surface area contributed by atoms with E-state index in [0.29, 0.717) is 17.1 Å². The first-order valence-electron chi connectivity index (χ1n) is 4.53. The van der Waals surface area contributed by atoms with Crippen molar-refractivity contribution in [3.63, 3.8) is 0 Å². The number of carbonyl (C=O) groups is 1. The molecule has 0 unspecified atom stereocenters. The Morgan fingerprint density at radius 2 is 2.12 bits per heavy atom. The molecule has 2 N–H and O–H groups in total. The first-order chi connectivity index (χ1) is 7.15. The van der Waals surface area contributed by atoms with Crippen LogP contribution in [0, 0.1) is 0 Å². The third kappa shape index (κ3) is 4.70. The Morgan fingerprint density at radius 1 is 1.44 bits per heavy atom. The summed E-state index contributed by atoms with van der Waals surface area (Å²) in [7, 11) is 1.83. The van der Waals surface area contributed by atoms with Crippen molar-refractivity contribution in [1.82, 2.24) is 10.6 Å². The maximum Gasteiger partial charge on any atom is 0.252 e. The largest absolute Gasteiger partial charge is 0.351 e. The summed E-state index contributed by atoms with van der Waals surface area (Å²) < 4.78 is 0.839. The Kier molecular flexibility index (Phi) is 7.76. The minimum absolute atomic E-state index is 0. The topological polar surface area (TPSA) is 41.1 Å². The van der Waals surface area contributed by atoms with Crippen molar-refractivity contribution in [1.29, 1.82) is 0 Å². The molecule has 6 heteroatoms. The summed E-state index contributed by atoms with van der Waals surface area (Å²) in [5.74, 6) is -0.156. The van der Waals surface area contributed by atoms with Crippen molar-refractivity contribution in [3.8, 4) is 0 Å². The van der Waals surface area contributed by atoms with Crippen molar-refractivity contribution in [3.05, 3.63) is 33.3 Å². The third-order valence-corrected chi connectivity index (χ3v) is 2.66. The quantitative estimate of drug-likeness (QED) is 0.834. The molecule has 1 aromatic rings. The van der Waals surface area contributed by atoms with Crippen LogP contribution in [0.5, 0.6) is 0 Å². The van der Waals surface area contributed by atoms with Crippen LogP contribution in [0.2, 0.25) is 5.02 Å². The van der Waals surface area contributed by atoms with Gasteiger partial charge < -0.3 is 10.6 Å². The fourth-order valence-electron chi connectivity index (χ4n) is 1.07. The number of nitrogens with one attached hydrogen (secondary N) is 2. The fourth-order valence-corrected chi connectivity index (χ4v) is 1.63. The highest BCUT2D eigenvalue weighted by molar-refractivity contribution is 9.10. The maximum absolute atomic E-state index is 11.6. The average Bonchev–Trinajstić information content (AvgIpc) is 2.22. The zero-order chi connectivity index (χ0) is 11.3. The predicted molar refractivity (Wildman–Crippen MR) is 72.7 cm³/mol. The smallest absolute Gasteiger partial charge is 0.252 e. The molecule has 0 spiro atoms. The lowest BCUT2D eigenvalue weighted by Gasteiger charge is -2.06. The van der Waals surface area contributed by atoms with Gasteiger partial charge in [0.15, 0.2) is 0 Å². The van der Waals surface area contributed by atoms with Crippen LogP contribution < -0.4 is 10.6 Å². The lowest BCUT2D eigenvalue weighted by Crippen LogP contribution is -2.30. The molecule has 3 nitrogen and oxygen atoms in total. The maximum atomic E-state index is 11.6. The SMILES string of the molecule is CNCCNC(=O)c1cc(Br)ccc1Cl.Cl. The molecule has 0 aliphatic carbocycles. The Labute approximate surface area is 114 Å². The standard InChI is InChI=1S/C10H12BrClN2O.ClH/c1-13-4-5-14-10(15)8-6-7(11)2-3-9(8)12;/h2-3,6,13H,4-5H2,1H3,(H,14,15);1H. The Bertz CT molecular complexity index is 361. The molecule has 0 bridgehead atoms. The van der Waals surface area contributed by atoms with Crippen molar-refractivity contribution in [2.24, 2.45) is 0 Å². The molecule has 0 aromatic heterocycles. The van der Waals surface area contributed by atoms with Gasteiger partial charge >= 0.3 is 0 Å². The summed E-state index contributed by atoms with van der Waals surface area (Å²) in [6.07, 6.45) is 0. The van der Waals surface area contributed by atoms with Gasteiger partial charge in [-0.2, -0.15) is 0 Å². The lowest BCUT2D eigenvalue weighted by atomic mass is 10.2. The van der Waals surface area contributed by atoms with Crippen LogP contribution in [-0.2, 0) is 0 Å². The van der Waals surface area contributed by atoms with Gasteiger partial charge in [-0.25, -0.2) is 0 Å². The Balaban J connectivity index is 0.00000225. The molecular weight excluding hydrogens is 315 g/mol. The van der Waals surface area contributed by atoms with Gasteiger partial charge in [0.25, 0.3) is 5.91 Å². The second kappa shape index (κ2) is 7.90. The highest BCUT2D eigenvalue weighted by Crippen LogP contribution is 2.20. The average molecular weight is 328 g/mol. The summed E-state index contributed by atoms with van der Waals surface area (Å²) in [4.78, 5) is 11.6. The van der Waals surface area contributed by atoms with Crippen LogP contribution in [0.3, 0.4) is 0 Å². The van der Waals surface area contributed by atoms with Crippen molar-refractivity contribution in [2.75, 3.05) is 20.1 Å². The summed E-state index contributed by atoms with van der Waals surface area (Å²) in [6, 6.07) is 5.20. The van der Waals surface area contributed by atoms with Gasteiger partial charge in [0.1, 0.15) is 0 Å². The summed E-state index contributed by atoms with van der Waals surface area (Å²) in [5.41, 5.74) is 0.488. The second-order valence-corrected chi connectivity index (χ2v) is 4.31. The number of hydrogen-bond acceptors (Lipinski definition) is 2. The third-order valence-electron chi connectivity index (χ3n) is 1.83. The van der Waals surface area contributed by atoms with Gasteiger partial charge in [0.05, 0.1) is 10.6 Å². The van der Waals surface area contributed by atoms with Crippen LogP contribution in [0.25, 0.3) is 0 Å². The van der Waals surface area contributed by atoms with Gasteiger partial charge in [0.2, 0.25) is 0 Å². The van der Waals surface area contributed by atoms with Crippen LogP contribution in [0.15, 0.2) is 22.7 Å². The first kappa shape index (κ1) is 15.7. The molecule has 90 valence electrons. The number of halogens is 3. The molecule has 1 rings (SSSR count). The van der Waals surface area contributed by atoms with Gasteiger partial charge in [-0.05, 0) is 25.2 Å². The Hall–Kier alpha value is -0.290. The Morgan fingerprint density at radius 3 is 2.75 bits per heavy atom. The molecule has 0 saturated heterocycles. The summed E-state index contributed by atoms with van der Waals surface area (Å²) in [5, 5.41) is 6.16. The minimum Gasteiger partial charge on any atom is -0.351 e. The molecule has 0 aliphatic heterocycles. The number of rotatable bonds is 4. The molecule has 0 atom stereocenters. The van der Waals surface area contributed by atoms with E-state index in [9.17, 15) is 4.79 Å². The zero-order valence-corrected chi connectivity index (χ0v) is 11.9. The number of hydrogen-bond donors (Lipinski definition) is 2. The molecular formula is C10H13BrCl2N2O. The van der Waals surface area contributed by atoms with Crippen LogP contribution in [-0.4, -0.2) is 26.0 Å². The van der Waals surface area contributed by atoms with E-state index < -0.39 is 0 Å². The van der Waals surface area contributed by atoms with E-state index in [-0.39, 0.29) is 18.3 Å². The molecule has 1 amide bonds. The van der Waals surface area contributed by atoms with E-state index in [0.717, 1.165) is 11.0 Å². The van der Waals surface area contributed by atoms with Gasteiger partial charge in [-0.3, -0.25) is 4.79 Å². The molecule has 0 fully saturated rings. The van der Waals surface area contributed by atoms with Crippen molar-refractivity contribution < 1.29 is 4.79 Å². The second-order valence-electron chi connectivity index (χ2n) is 2.98. The van der Waals surface area contributed by atoms with E-state index in [4.69, 9.17) is 11.6 Å². The van der Waals surface area contributed by atoms with Crippen LogP contribution in [0.4, 0.5) is 0 Å². The van der Waals surface area contributed by atoms with E-state index in [1.54, 1.807) is 18.2 Å². The molecule has 16 heavy (non-hydrogen) atoms. The van der Waals surface area contributed by atoms with Gasteiger partial charge in [0, 0.05) is 17.6 Å². The highest BCUT2D eigenvalue weighted by Gasteiger charge is 2.09. The highest BCUT2D eigenvalue weighted by atomic mass is 79.9. The van der Waals surface area contributed by atoms with Crippen molar-refractivity contribution >= 4 is 45.8 Å². The van der Waals surface area contributed by atoms with E-state index >= 15 is 0 Å². The van der Waals surface area contributed by atoms with Crippen molar-refractivity contribution in [2.45, 2.75) is 0 Å². The number of benzene rings is 1. The zero-order valence-electron chi connectivity index (χ0n) is 8.72. The summed E-state index contributed by atoms with van der Waals surface area (Å²) in [6.45, 7) is 1.32. The number of carbonyl (C=O) groups excluding carboxylic acids is 1. The molecule has 0 radical (unpaired) electrons.